The smallest absolute Gasteiger partial charge is 0.305 e. The van der Waals surface area contributed by atoms with Crippen LogP contribution in [0.1, 0.15) is 13.3 Å². The van der Waals surface area contributed by atoms with Gasteiger partial charge in [0.25, 0.3) is 0 Å². The molecule has 2 unspecified atom stereocenters. The Kier molecular flexibility index (Phi) is 4.04. The number of para-hydroxylation sites is 1. The van der Waals surface area contributed by atoms with E-state index >= 15 is 0 Å². The van der Waals surface area contributed by atoms with Gasteiger partial charge in [0, 0.05) is 25.2 Å². The normalized spacial score (nSPS) is 24.5. The van der Waals surface area contributed by atoms with Crippen molar-refractivity contribution >= 4 is 11.7 Å². The van der Waals surface area contributed by atoms with Gasteiger partial charge in [-0.25, -0.2) is 4.39 Å². The number of piperazine rings is 1. The fourth-order valence-electron chi connectivity index (χ4n) is 2.58. The number of carboxylic acid groups (broad SMARTS) is 1. The second-order valence-corrected chi connectivity index (χ2v) is 5.12. The second-order valence-electron chi connectivity index (χ2n) is 5.12. The van der Waals surface area contributed by atoms with Crippen molar-refractivity contribution in [3.05, 3.63) is 30.1 Å². The molecular weight excluding hydrogens is 247 g/mol. The molecule has 1 N–H and O–H groups in total. The summed E-state index contributed by atoms with van der Waals surface area (Å²) in [5.41, 5.74) is 0.554. The summed E-state index contributed by atoms with van der Waals surface area (Å²) in [6.45, 7) is 3.27. The van der Waals surface area contributed by atoms with E-state index in [4.69, 9.17) is 5.11 Å². The lowest BCUT2D eigenvalue weighted by Crippen LogP contribution is -2.56. The molecule has 0 aromatic heterocycles. The standard InChI is InChI=1S/C14H19FN2O2/c1-10-8-17(13-6-4-3-5-12(13)15)9-11(16(10)2)7-14(18)19/h3-6,10-11H,7-9H2,1-2H3,(H,18,19). The predicted molar refractivity (Wildman–Crippen MR) is 71.9 cm³/mol. The highest BCUT2D eigenvalue weighted by molar-refractivity contribution is 5.67. The van der Waals surface area contributed by atoms with Gasteiger partial charge < -0.3 is 10.0 Å². The Morgan fingerprint density at radius 1 is 1.42 bits per heavy atom. The lowest BCUT2D eigenvalue weighted by Gasteiger charge is -2.44. The van der Waals surface area contributed by atoms with E-state index < -0.39 is 5.97 Å². The third-order valence-electron chi connectivity index (χ3n) is 3.79. The highest BCUT2D eigenvalue weighted by Crippen LogP contribution is 2.25. The van der Waals surface area contributed by atoms with Crippen LogP contribution in [-0.2, 0) is 4.79 Å². The first-order chi connectivity index (χ1) is 8.99. The Bertz CT molecular complexity index is 467. The number of aliphatic carboxylic acids is 1. The molecule has 0 amide bonds. The summed E-state index contributed by atoms with van der Waals surface area (Å²) in [6, 6.07) is 6.73. The van der Waals surface area contributed by atoms with Crippen LogP contribution >= 0.6 is 0 Å². The maximum Gasteiger partial charge on any atom is 0.305 e. The van der Waals surface area contributed by atoms with Crippen molar-refractivity contribution < 1.29 is 14.3 Å². The van der Waals surface area contributed by atoms with Gasteiger partial charge in [-0.15, -0.1) is 0 Å². The van der Waals surface area contributed by atoms with Crippen molar-refractivity contribution in [1.29, 1.82) is 0 Å². The van der Waals surface area contributed by atoms with Crippen molar-refractivity contribution in [3.63, 3.8) is 0 Å². The van der Waals surface area contributed by atoms with E-state index in [1.807, 2.05) is 18.9 Å². The summed E-state index contributed by atoms with van der Waals surface area (Å²) >= 11 is 0. The van der Waals surface area contributed by atoms with Crippen molar-refractivity contribution in [1.82, 2.24) is 4.90 Å². The van der Waals surface area contributed by atoms with Crippen LogP contribution in [0.5, 0.6) is 0 Å². The second kappa shape index (κ2) is 5.57. The SMILES string of the molecule is CC1CN(c2ccccc2F)CC(CC(=O)O)N1C. The first kappa shape index (κ1) is 13.8. The highest BCUT2D eigenvalue weighted by Gasteiger charge is 2.31. The Morgan fingerprint density at radius 2 is 2.11 bits per heavy atom. The number of nitrogens with zero attached hydrogens (tertiary/aromatic N) is 2. The van der Waals surface area contributed by atoms with Crippen molar-refractivity contribution in [2.45, 2.75) is 25.4 Å². The van der Waals surface area contributed by atoms with Crippen molar-refractivity contribution in [3.8, 4) is 0 Å². The first-order valence-electron chi connectivity index (χ1n) is 6.42. The Morgan fingerprint density at radius 3 is 2.74 bits per heavy atom. The molecule has 104 valence electrons. The third-order valence-corrected chi connectivity index (χ3v) is 3.79. The zero-order chi connectivity index (χ0) is 14.0. The van der Waals surface area contributed by atoms with E-state index in [-0.39, 0.29) is 24.3 Å². The molecule has 1 aliphatic heterocycles. The number of likely N-dealkylation sites (N-methyl/N-ethyl adjacent to an activating group) is 1. The van der Waals surface area contributed by atoms with Gasteiger partial charge in [0.15, 0.2) is 0 Å². The minimum Gasteiger partial charge on any atom is -0.481 e. The van der Waals surface area contributed by atoms with Crippen LogP contribution in [0, 0.1) is 5.82 Å². The van der Waals surface area contributed by atoms with E-state index in [2.05, 4.69) is 4.90 Å². The number of hydrogen-bond acceptors (Lipinski definition) is 3. The van der Waals surface area contributed by atoms with Crippen LogP contribution in [0.15, 0.2) is 24.3 Å². The topological polar surface area (TPSA) is 43.8 Å². The van der Waals surface area contributed by atoms with E-state index in [0.29, 0.717) is 18.8 Å². The maximum absolute atomic E-state index is 13.8. The molecular formula is C14H19FN2O2. The predicted octanol–water partition coefficient (Wildman–Crippen LogP) is 1.81. The van der Waals surface area contributed by atoms with E-state index in [1.54, 1.807) is 18.2 Å². The van der Waals surface area contributed by atoms with Crippen molar-refractivity contribution in [2.75, 3.05) is 25.0 Å². The summed E-state index contributed by atoms with van der Waals surface area (Å²) in [5, 5.41) is 8.96. The van der Waals surface area contributed by atoms with Crippen LogP contribution in [0.3, 0.4) is 0 Å². The molecule has 1 aromatic carbocycles. The van der Waals surface area contributed by atoms with E-state index in [1.165, 1.54) is 6.07 Å². The lowest BCUT2D eigenvalue weighted by atomic mass is 10.0. The number of carboxylic acids is 1. The molecule has 1 aromatic rings. The average molecular weight is 266 g/mol. The molecule has 0 bridgehead atoms. The summed E-state index contributed by atoms with van der Waals surface area (Å²) in [4.78, 5) is 14.9. The van der Waals surface area contributed by atoms with Crippen LogP contribution in [-0.4, -0.2) is 48.2 Å². The minimum absolute atomic E-state index is 0.0752. The van der Waals surface area contributed by atoms with Crippen LogP contribution in [0.25, 0.3) is 0 Å². The Balaban J connectivity index is 2.19. The molecule has 4 nitrogen and oxygen atoms in total. The quantitative estimate of drug-likeness (QED) is 0.906. The molecule has 0 spiro atoms. The van der Waals surface area contributed by atoms with Gasteiger partial charge in [-0.1, -0.05) is 12.1 Å². The van der Waals surface area contributed by atoms with Gasteiger partial charge in [0.1, 0.15) is 5.82 Å². The molecule has 1 aliphatic rings. The largest absolute Gasteiger partial charge is 0.481 e. The van der Waals surface area contributed by atoms with Gasteiger partial charge in [-0.2, -0.15) is 0 Å². The average Bonchev–Trinajstić information content (AvgIpc) is 2.35. The third kappa shape index (κ3) is 3.04. The number of rotatable bonds is 3. The zero-order valence-electron chi connectivity index (χ0n) is 11.2. The first-order valence-corrected chi connectivity index (χ1v) is 6.42. The lowest BCUT2D eigenvalue weighted by molar-refractivity contribution is -0.138. The molecule has 1 fully saturated rings. The van der Waals surface area contributed by atoms with Crippen LogP contribution < -0.4 is 4.90 Å². The monoisotopic (exact) mass is 266 g/mol. The Hall–Kier alpha value is -1.62. The van der Waals surface area contributed by atoms with Gasteiger partial charge in [-0.3, -0.25) is 9.69 Å². The van der Waals surface area contributed by atoms with Crippen LogP contribution in [0.2, 0.25) is 0 Å². The molecule has 0 radical (unpaired) electrons. The number of carbonyl (C=O) groups is 1. The molecule has 2 rings (SSSR count). The van der Waals surface area contributed by atoms with Crippen molar-refractivity contribution in [2.24, 2.45) is 0 Å². The summed E-state index contributed by atoms with van der Waals surface area (Å²) in [5.74, 6) is -1.08. The zero-order valence-corrected chi connectivity index (χ0v) is 11.2. The number of anilines is 1. The summed E-state index contributed by atoms with van der Waals surface area (Å²) < 4.78 is 13.8. The fourth-order valence-corrected chi connectivity index (χ4v) is 2.58. The van der Waals surface area contributed by atoms with Crippen LogP contribution in [0.4, 0.5) is 10.1 Å². The molecule has 1 heterocycles. The van der Waals surface area contributed by atoms with Gasteiger partial charge >= 0.3 is 5.97 Å². The molecule has 19 heavy (non-hydrogen) atoms. The maximum atomic E-state index is 13.8. The number of hydrogen-bond donors (Lipinski definition) is 1. The highest BCUT2D eigenvalue weighted by atomic mass is 19.1. The summed E-state index contributed by atoms with van der Waals surface area (Å²) in [7, 11) is 1.93. The van der Waals surface area contributed by atoms with Gasteiger partial charge in [-0.05, 0) is 26.1 Å². The van der Waals surface area contributed by atoms with Gasteiger partial charge in [0.2, 0.25) is 0 Å². The van der Waals surface area contributed by atoms with Gasteiger partial charge in [0.05, 0.1) is 12.1 Å². The summed E-state index contributed by atoms with van der Waals surface area (Å²) in [6.07, 6.45) is 0.0752. The molecule has 0 aliphatic carbocycles. The number of benzene rings is 1. The molecule has 5 heteroatoms. The fraction of sp³-hybridized carbons (Fsp3) is 0.500. The Labute approximate surface area is 112 Å². The molecule has 1 saturated heterocycles. The van der Waals surface area contributed by atoms with E-state index in [9.17, 15) is 9.18 Å². The van der Waals surface area contributed by atoms with E-state index in [0.717, 1.165) is 0 Å². The minimum atomic E-state index is -0.820. The molecule has 0 saturated carbocycles. The molecule has 2 atom stereocenters. The number of halogens is 1.